The largest absolute Gasteiger partial charge is 0.384 e. The van der Waals surface area contributed by atoms with Gasteiger partial charge in [0.2, 0.25) is 11.9 Å². The van der Waals surface area contributed by atoms with Crippen LogP contribution in [0, 0.1) is 12.8 Å². The van der Waals surface area contributed by atoms with Gasteiger partial charge in [-0.3, -0.25) is 4.79 Å². The lowest BCUT2D eigenvalue weighted by Crippen LogP contribution is -2.42. The minimum Gasteiger partial charge on any atom is -0.384 e. The third-order valence-corrected chi connectivity index (χ3v) is 4.76. The van der Waals surface area contributed by atoms with Crippen molar-refractivity contribution in [2.45, 2.75) is 39.7 Å². The van der Waals surface area contributed by atoms with Crippen LogP contribution in [0.1, 0.15) is 32.4 Å². The summed E-state index contributed by atoms with van der Waals surface area (Å²) in [7, 11) is 0. The Kier molecular flexibility index (Phi) is 5.43. The number of hydrogen-bond donors (Lipinski definition) is 3. The van der Waals surface area contributed by atoms with Gasteiger partial charge in [-0.2, -0.15) is 4.98 Å². The van der Waals surface area contributed by atoms with E-state index in [1.54, 1.807) is 12.3 Å². The summed E-state index contributed by atoms with van der Waals surface area (Å²) >= 11 is 0. The Labute approximate surface area is 159 Å². The van der Waals surface area contributed by atoms with Crippen molar-refractivity contribution in [3.8, 4) is 11.1 Å². The molecule has 8 heteroatoms. The van der Waals surface area contributed by atoms with Gasteiger partial charge in [0.15, 0.2) is 0 Å². The summed E-state index contributed by atoms with van der Waals surface area (Å²) in [6.07, 6.45) is 3.28. The average molecular weight is 369 g/mol. The van der Waals surface area contributed by atoms with E-state index in [2.05, 4.69) is 25.2 Å². The topological polar surface area (TPSA) is 123 Å². The molecule has 0 radical (unpaired) electrons. The molecule has 1 fully saturated rings. The number of nitrogen functional groups attached to an aromatic ring is 2. The number of aryl methyl sites for hydroxylation is 1. The van der Waals surface area contributed by atoms with Crippen LogP contribution >= 0.6 is 0 Å². The third kappa shape index (κ3) is 4.27. The Hall–Kier alpha value is -2.90. The molecule has 0 aromatic carbocycles. The monoisotopic (exact) mass is 369 g/mol. The number of nitrogens with one attached hydrogen (secondary N) is 1. The third-order valence-electron chi connectivity index (χ3n) is 4.76. The molecule has 3 rings (SSSR count). The lowest BCUT2D eigenvalue weighted by atomic mass is 9.95. The molecule has 3 heterocycles. The molecular weight excluding hydrogens is 342 g/mol. The summed E-state index contributed by atoms with van der Waals surface area (Å²) in [5.74, 6) is 1.66. The Morgan fingerprint density at radius 1 is 1.22 bits per heavy atom. The van der Waals surface area contributed by atoms with E-state index in [1.807, 2.05) is 26.8 Å². The maximum Gasteiger partial charge on any atom is 0.223 e. The van der Waals surface area contributed by atoms with Crippen molar-refractivity contribution in [3.63, 3.8) is 0 Å². The first-order valence-corrected chi connectivity index (χ1v) is 9.26. The summed E-state index contributed by atoms with van der Waals surface area (Å²) in [6, 6.07) is 3.83. The zero-order valence-corrected chi connectivity index (χ0v) is 16.1. The maximum absolute atomic E-state index is 12.3. The molecule has 144 valence electrons. The number of pyridine rings is 1. The minimum absolute atomic E-state index is 0.0329. The number of nitrogens with two attached hydrogens (primary N) is 2. The number of piperidine rings is 1. The van der Waals surface area contributed by atoms with Gasteiger partial charge in [-0.25, -0.2) is 9.97 Å². The van der Waals surface area contributed by atoms with Gasteiger partial charge in [0.1, 0.15) is 11.6 Å². The lowest BCUT2D eigenvalue weighted by Gasteiger charge is -2.34. The first-order chi connectivity index (χ1) is 12.8. The van der Waals surface area contributed by atoms with Crippen LogP contribution in [0.25, 0.3) is 11.1 Å². The van der Waals surface area contributed by atoms with E-state index in [4.69, 9.17) is 11.5 Å². The number of amides is 1. The number of carbonyl (C=O) groups excluding carboxylic acids is 1. The highest BCUT2D eigenvalue weighted by Crippen LogP contribution is 2.34. The van der Waals surface area contributed by atoms with Gasteiger partial charge in [-0.05, 0) is 45.7 Å². The van der Waals surface area contributed by atoms with Crippen molar-refractivity contribution in [1.82, 2.24) is 20.3 Å². The molecule has 1 saturated heterocycles. The fraction of sp³-hybridized carbons (Fsp3) is 0.474. The van der Waals surface area contributed by atoms with Gasteiger partial charge in [0.05, 0.1) is 5.69 Å². The van der Waals surface area contributed by atoms with E-state index in [0.717, 1.165) is 48.6 Å². The van der Waals surface area contributed by atoms with Gasteiger partial charge < -0.3 is 21.7 Å². The van der Waals surface area contributed by atoms with Crippen LogP contribution in [0.3, 0.4) is 0 Å². The highest BCUT2D eigenvalue weighted by atomic mass is 16.1. The highest BCUT2D eigenvalue weighted by molar-refractivity contribution is 5.81. The first kappa shape index (κ1) is 18.9. The fourth-order valence-corrected chi connectivity index (χ4v) is 3.45. The molecule has 0 aliphatic carbocycles. The SMILES string of the molecule is Cc1nc(N)nc(N2CCC(C(=O)NC(C)C)CC2)c1-c1ccc(N)nc1. The summed E-state index contributed by atoms with van der Waals surface area (Å²) < 4.78 is 0. The molecule has 0 bridgehead atoms. The standard InChI is InChI=1S/C19H27N7O/c1-11(2)23-18(27)13-6-8-26(9-7-13)17-16(12(3)24-19(21)25-17)14-4-5-15(20)22-10-14/h4-5,10-11,13H,6-9H2,1-3H3,(H2,20,22)(H,23,27)(H2,21,24,25). The van der Waals surface area contributed by atoms with Crippen LogP contribution in [-0.2, 0) is 4.79 Å². The van der Waals surface area contributed by atoms with Crippen molar-refractivity contribution in [3.05, 3.63) is 24.0 Å². The zero-order valence-electron chi connectivity index (χ0n) is 16.1. The smallest absolute Gasteiger partial charge is 0.223 e. The maximum atomic E-state index is 12.3. The Bertz CT molecular complexity index is 812. The number of nitrogens with zero attached hydrogens (tertiary/aromatic N) is 4. The van der Waals surface area contributed by atoms with Gasteiger partial charge >= 0.3 is 0 Å². The fourth-order valence-electron chi connectivity index (χ4n) is 3.45. The van der Waals surface area contributed by atoms with E-state index in [0.29, 0.717) is 5.82 Å². The molecule has 0 atom stereocenters. The van der Waals surface area contributed by atoms with E-state index in [9.17, 15) is 4.79 Å². The molecule has 1 amide bonds. The van der Waals surface area contributed by atoms with Crippen molar-refractivity contribution in [1.29, 1.82) is 0 Å². The number of aromatic nitrogens is 3. The Morgan fingerprint density at radius 2 is 1.93 bits per heavy atom. The van der Waals surface area contributed by atoms with Gasteiger partial charge in [0, 0.05) is 42.4 Å². The average Bonchev–Trinajstić information content (AvgIpc) is 2.62. The van der Waals surface area contributed by atoms with Crippen LogP contribution in [0.4, 0.5) is 17.6 Å². The van der Waals surface area contributed by atoms with Gasteiger partial charge in [-0.1, -0.05) is 0 Å². The van der Waals surface area contributed by atoms with E-state index < -0.39 is 0 Å². The van der Waals surface area contributed by atoms with Gasteiger partial charge in [-0.15, -0.1) is 0 Å². The zero-order chi connectivity index (χ0) is 19.6. The summed E-state index contributed by atoms with van der Waals surface area (Å²) in [5, 5.41) is 3.00. The Morgan fingerprint density at radius 3 is 2.52 bits per heavy atom. The van der Waals surface area contributed by atoms with Gasteiger partial charge in [0.25, 0.3) is 0 Å². The molecule has 0 saturated carbocycles. The number of anilines is 3. The second kappa shape index (κ2) is 7.77. The molecule has 0 unspecified atom stereocenters. The first-order valence-electron chi connectivity index (χ1n) is 9.26. The molecule has 2 aromatic heterocycles. The molecule has 8 nitrogen and oxygen atoms in total. The molecular formula is C19H27N7O. The second-order valence-electron chi connectivity index (χ2n) is 7.26. The molecule has 1 aliphatic heterocycles. The van der Waals surface area contributed by atoms with Crippen LogP contribution in [0.5, 0.6) is 0 Å². The van der Waals surface area contributed by atoms with Crippen molar-refractivity contribution < 1.29 is 4.79 Å². The van der Waals surface area contributed by atoms with Crippen LogP contribution < -0.4 is 21.7 Å². The molecule has 2 aromatic rings. The number of rotatable bonds is 4. The van der Waals surface area contributed by atoms with E-state index in [1.165, 1.54) is 0 Å². The summed E-state index contributed by atoms with van der Waals surface area (Å²) in [4.78, 5) is 27.5. The van der Waals surface area contributed by atoms with E-state index >= 15 is 0 Å². The quantitative estimate of drug-likeness (QED) is 0.750. The summed E-state index contributed by atoms with van der Waals surface area (Å²) in [5.41, 5.74) is 14.2. The molecule has 1 aliphatic rings. The predicted molar refractivity (Wildman–Crippen MR) is 107 cm³/mol. The second-order valence-corrected chi connectivity index (χ2v) is 7.26. The molecule has 5 N–H and O–H groups in total. The van der Waals surface area contributed by atoms with Crippen molar-refractivity contribution in [2.75, 3.05) is 29.5 Å². The normalized spacial score (nSPS) is 15.2. The van der Waals surface area contributed by atoms with Crippen LogP contribution in [-0.4, -0.2) is 40.0 Å². The van der Waals surface area contributed by atoms with Crippen molar-refractivity contribution in [2.24, 2.45) is 5.92 Å². The minimum atomic E-state index is 0.0329. The molecule has 27 heavy (non-hydrogen) atoms. The van der Waals surface area contributed by atoms with Crippen LogP contribution in [0.2, 0.25) is 0 Å². The number of hydrogen-bond acceptors (Lipinski definition) is 7. The summed E-state index contributed by atoms with van der Waals surface area (Å²) in [6.45, 7) is 7.35. The highest BCUT2D eigenvalue weighted by Gasteiger charge is 2.28. The van der Waals surface area contributed by atoms with Crippen LogP contribution in [0.15, 0.2) is 18.3 Å². The Balaban J connectivity index is 1.85. The van der Waals surface area contributed by atoms with E-state index in [-0.39, 0.29) is 23.8 Å². The number of carbonyl (C=O) groups is 1. The predicted octanol–water partition coefficient (Wildman–Crippen LogP) is 1.75. The molecule has 0 spiro atoms. The lowest BCUT2D eigenvalue weighted by molar-refractivity contribution is -0.126. The van der Waals surface area contributed by atoms with Crippen molar-refractivity contribution >= 4 is 23.5 Å².